The third-order valence-corrected chi connectivity index (χ3v) is 7.17. The van der Waals surface area contributed by atoms with Gasteiger partial charge in [-0.15, -0.1) is 0 Å². The number of hydrogen-bond donors (Lipinski definition) is 1. The zero-order valence-electron chi connectivity index (χ0n) is 18.6. The summed E-state index contributed by atoms with van der Waals surface area (Å²) in [7, 11) is -1.94. The third-order valence-electron chi connectivity index (χ3n) is 5.79. The molecule has 0 spiro atoms. The molecule has 178 valence electrons. The number of anilines is 1. The molecule has 10 heteroatoms. The molecule has 0 bridgehead atoms. The van der Waals surface area contributed by atoms with Crippen LogP contribution in [0.5, 0.6) is 0 Å². The fourth-order valence-electron chi connectivity index (χ4n) is 3.80. The van der Waals surface area contributed by atoms with Crippen LogP contribution in [0.25, 0.3) is 0 Å². The molecule has 1 heterocycles. The van der Waals surface area contributed by atoms with Crippen molar-refractivity contribution in [2.45, 2.75) is 37.8 Å². The molecular formula is C23H26F3N3O3S. The normalized spacial score (nSPS) is 16.6. The SMILES string of the molecule is CC(=NS(=O)(=O)c1ccc(NC(=O)c2ccccc2C(F)(F)F)c(C)c1)C1CCN(C)CC1. The number of rotatable bonds is 5. The summed E-state index contributed by atoms with van der Waals surface area (Å²) < 4.78 is 69.2. The maximum atomic E-state index is 13.2. The fourth-order valence-corrected chi connectivity index (χ4v) is 5.00. The number of piperidine rings is 1. The number of sulfonamides is 1. The van der Waals surface area contributed by atoms with Crippen molar-refractivity contribution in [1.82, 2.24) is 4.90 Å². The Bertz CT molecular complexity index is 1170. The first-order chi connectivity index (χ1) is 15.4. The van der Waals surface area contributed by atoms with Crippen molar-refractivity contribution in [2.24, 2.45) is 10.3 Å². The largest absolute Gasteiger partial charge is 0.417 e. The van der Waals surface area contributed by atoms with Crippen LogP contribution >= 0.6 is 0 Å². The van der Waals surface area contributed by atoms with E-state index in [4.69, 9.17) is 0 Å². The number of alkyl halides is 3. The van der Waals surface area contributed by atoms with Crippen LogP contribution in [0, 0.1) is 12.8 Å². The summed E-state index contributed by atoms with van der Waals surface area (Å²) in [6.45, 7) is 5.04. The Hall–Kier alpha value is -2.72. The lowest BCUT2D eigenvalue weighted by Gasteiger charge is -2.28. The fraction of sp³-hybridized carbons (Fsp3) is 0.391. The van der Waals surface area contributed by atoms with Crippen LogP contribution in [0.15, 0.2) is 51.8 Å². The third kappa shape index (κ3) is 6.00. The molecule has 1 saturated heterocycles. The van der Waals surface area contributed by atoms with Gasteiger partial charge in [0.15, 0.2) is 0 Å². The molecule has 0 aliphatic carbocycles. The summed E-state index contributed by atoms with van der Waals surface area (Å²) in [5.41, 5.74) is -0.396. The lowest BCUT2D eigenvalue weighted by molar-refractivity contribution is -0.137. The molecule has 33 heavy (non-hydrogen) atoms. The molecule has 1 fully saturated rings. The molecular weight excluding hydrogens is 455 g/mol. The molecule has 0 saturated carbocycles. The van der Waals surface area contributed by atoms with Crippen molar-refractivity contribution in [1.29, 1.82) is 0 Å². The highest BCUT2D eigenvalue weighted by Gasteiger charge is 2.35. The van der Waals surface area contributed by atoms with Crippen molar-refractivity contribution in [3.05, 3.63) is 59.2 Å². The van der Waals surface area contributed by atoms with Gasteiger partial charge in [0.2, 0.25) is 0 Å². The minimum atomic E-state index is -4.68. The number of amides is 1. The van der Waals surface area contributed by atoms with Gasteiger partial charge in [-0.1, -0.05) is 12.1 Å². The Labute approximate surface area is 191 Å². The molecule has 2 aromatic carbocycles. The van der Waals surface area contributed by atoms with E-state index in [0.29, 0.717) is 11.3 Å². The topological polar surface area (TPSA) is 78.8 Å². The van der Waals surface area contributed by atoms with Crippen molar-refractivity contribution in [3.63, 3.8) is 0 Å². The number of hydrogen-bond acceptors (Lipinski definition) is 4. The van der Waals surface area contributed by atoms with Crippen LogP contribution in [0.1, 0.15) is 41.3 Å². The molecule has 1 aliphatic heterocycles. The minimum Gasteiger partial charge on any atom is -0.322 e. The quantitative estimate of drug-likeness (QED) is 0.625. The van der Waals surface area contributed by atoms with Gasteiger partial charge in [0.25, 0.3) is 15.9 Å². The van der Waals surface area contributed by atoms with Crippen LogP contribution in [-0.2, 0) is 16.2 Å². The Morgan fingerprint density at radius 2 is 1.76 bits per heavy atom. The number of likely N-dealkylation sites (tertiary alicyclic amines) is 1. The number of carbonyl (C=O) groups is 1. The van der Waals surface area contributed by atoms with Crippen LogP contribution in [0.2, 0.25) is 0 Å². The average Bonchev–Trinajstić information content (AvgIpc) is 2.74. The monoisotopic (exact) mass is 481 g/mol. The molecule has 6 nitrogen and oxygen atoms in total. The van der Waals surface area contributed by atoms with Crippen LogP contribution in [-0.4, -0.2) is 45.1 Å². The van der Waals surface area contributed by atoms with Gasteiger partial charge in [0, 0.05) is 17.3 Å². The molecule has 1 aliphatic rings. The predicted octanol–water partition coefficient (Wildman–Crippen LogP) is 4.76. The van der Waals surface area contributed by atoms with Crippen molar-refractivity contribution in [3.8, 4) is 0 Å². The van der Waals surface area contributed by atoms with Gasteiger partial charge in [0.1, 0.15) is 0 Å². The maximum Gasteiger partial charge on any atom is 0.417 e. The Balaban J connectivity index is 1.80. The number of nitrogens with one attached hydrogen (secondary N) is 1. The minimum absolute atomic E-state index is 0.0408. The smallest absolute Gasteiger partial charge is 0.322 e. The number of nitrogens with zero attached hydrogens (tertiary/aromatic N) is 2. The molecule has 0 radical (unpaired) electrons. The van der Waals surface area contributed by atoms with Crippen molar-refractivity contribution < 1.29 is 26.4 Å². The summed E-state index contributed by atoms with van der Waals surface area (Å²) in [5.74, 6) is -0.831. The van der Waals surface area contributed by atoms with Gasteiger partial charge in [-0.3, -0.25) is 4.79 Å². The first kappa shape index (κ1) is 24.9. The van der Waals surface area contributed by atoms with Gasteiger partial charge in [-0.25, -0.2) is 0 Å². The zero-order valence-corrected chi connectivity index (χ0v) is 19.4. The molecule has 1 N–H and O–H groups in total. The van der Waals surface area contributed by atoms with E-state index >= 15 is 0 Å². The highest BCUT2D eigenvalue weighted by Crippen LogP contribution is 2.32. The van der Waals surface area contributed by atoms with E-state index in [0.717, 1.165) is 38.1 Å². The summed E-state index contributed by atoms with van der Waals surface area (Å²) >= 11 is 0. The second-order valence-corrected chi connectivity index (χ2v) is 9.86. The predicted molar refractivity (Wildman–Crippen MR) is 121 cm³/mol. The molecule has 1 amide bonds. The highest BCUT2D eigenvalue weighted by molar-refractivity contribution is 7.90. The van der Waals surface area contributed by atoms with E-state index in [1.807, 2.05) is 7.05 Å². The summed E-state index contributed by atoms with van der Waals surface area (Å²) in [6.07, 6.45) is -3.00. The Morgan fingerprint density at radius 3 is 2.36 bits per heavy atom. The van der Waals surface area contributed by atoms with Gasteiger partial charge in [0.05, 0.1) is 16.0 Å². The summed E-state index contributed by atoms with van der Waals surface area (Å²) in [5, 5.41) is 2.44. The maximum absolute atomic E-state index is 13.2. The number of benzene rings is 2. The van der Waals surface area contributed by atoms with Crippen LogP contribution < -0.4 is 5.32 Å². The molecule has 0 atom stereocenters. The highest BCUT2D eigenvalue weighted by atomic mass is 32.2. The lowest BCUT2D eigenvalue weighted by Crippen LogP contribution is -2.33. The molecule has 3 rings (SSSR count). The second-order valence-electron chi connectivity index (χ2n) is 8.26. The Kier molecular flexibility index (Phi) is 7.28. The first-order valence-corrected chi connectivity index (χ1v) is 11.9. The Morgan fingerprint density at radius 1 is 1.12 bits per heavy atom. The van der Waals surface area contributed by atoms with Crippen LogP contribution in [0.4, 0.5) is 18.9 Å². The van der Waals surface area contributed by atoms with Gasteiger partial charge >= 0.3 is 6.18 Å². The van der Waals surface area contributed by atoms with E-state index in [1.54, 1.807) is 13.8 Å². The summed E-state index contributed by atoms with van der Waals surface area (Å²) in [4.78, 5) is 14.6. The number of aryl methyl sites for hydroxylation is 1. The molecule has 2 aromatic rings. The van der Waals surface area contributed by atoms with Gasteiger partial charge in [-0.2, -0.15) is 26.0 Å². The van der Waals surface area contributed by atoms with Crippen molar-refractivity contribution in [2.75, 3.05) is 25.5 Å². The average molecular weight is 482 g/mol. The van der Waals surface area contributed by atoms with Gasteiger partial charge < -0.3 is 10.2 Å². The first-order valence-electron chi connectivity index (χ1n) is 10.5. The van der Waals surface area contributed by atoms with E-state index < -0.39 is 33.2 Å². The number of carbonyl (C=O) groups excluding carboxylic acids is 1. The van der Waals surface area contributed by atoms with Crippen LogP contribution in [0.3, 0.4) is 0 Å². The molecule has 0 aromatic heterocycles. The zero-order chi connectivity index (χ0) is 24.4. The summed E-state index contributed by atoms with van der Waals surface area (Å²) in [6, 6.07) is 8.48. The standard InChI is InChI=1S/C23H26F3N3O3S/c1-15-14-18(33(31,32)28-16(2)17-10-12-29(3)13-11-17)8-9-21(15)27-22(30)19-6-4-5-7-20(19)23(24,25)26/h4-9,14,17H,10-13H2,1-3H3,(H,27,30). The number of halogens is 3. The van der Waals surface area contributed by atoms with E-state index in [-0.39, 0.29) is 16.5 Å². The second kappa shape index (κ2) is 9.64. The van der Waals surface area contributed by atoms with E-state index in [9.17, 15) is 26.4 Å². The van der Waals surface area contributed by atoms with Crippen molar-refractivity contribution >= 4 is 27.3 Å². The van der Waals surface area contributed by atoms with E-state index in [1.165, 1.54) is 30.3 Å². The molecule has 0 unspecified atom stereocenters. The lowest BCUT2D eigenvalue weighted by atomic mass is 9.93. The van der Waals surface area contributed by atoms with E-state index in [2.05, 4.69) is 14.6 Å². The van der Waals surface area contributed by atoms with Gasteiger partial charge in [-0.05, 0) is 82.7 Å².